The topological polar surface area (TPSA) is 29.5 Å². The molecule has 2 aromatic rings. The van der Waals surface area contributed by atoms with Gasteiger partial charge in [-0.1, -0.05) is 42.0 Å². The van der Waals surface area contributed by atoms with Crippen LogP contribution in [0.25, 0.3) is 0 Å². The van der Waals surface area contributed by atoms with Gasteiger partial charge in [0.25, 0.3) is 0 Å². The lowest BCUT2D eigenvalue weighted by Gasteiger charge is -2.23. The molecule has 0 radical (unpaired) electrons. The molecule has 0 aromatic heterocycles. The Kier molecular flexibility index (Phi) is 4.65. The first-order valence-corrected chi connectivity index (χ1v) is 8.13. The van der Waals surface area contributed by atoms with E-state index in [9.17, 15) is 4.79 Å². The molecule has 0 aliphatic heterocycles. The molecule has 1 saturated carbocycles. The van der Waals surface area contributed by atoms with Crippen LogP contribution in [0.15, 0.2) is 48.5 Å². The molecule has 1 aliphatic carbocycles. The number of aryl methyl sites for hydroxylation is 1. The molecule has 0 unspecified atom stereocenters. The fourth-order valence-corrected chi connectivity index (χ4v) is 2.72. The third-order valence-corrected chi connectivity index (χ3v) is 4.30. The Bertz CT molecular complexity index is 657. The van der Waals surface area contributed by atoms with E-state index in [-0.39, 0.29) is 5.91 Å². The summed E-state index contributed by atoms with van der Waals surface area (Å²) in [5, 5.41) is 0. The van der Waals surface area contributed by atoms with Crippen LogP contribution in [0.5, 0.6) is 5.75 Å². The predicted molar refractivity (Wildman–Crippen MR) is 91.4 cm³/mol. The molecule has 2 aromatic carbocycles. The van der Waals surface area contributed by atoms with Crippen molar-refractivity contribution in [1.29, 1.82) is 0 Å². The van der Waals surface area contributed by atoms with Crippen LogP contribution in [-0.2, 0) is 17.8 Å². The number of ether oxygens (including phenoxy) is 1. The highest BCUT2D eigenvalue weighted by Crippen LogP contribution is 2.29. The van der Waals surface area contributed by atoms with Gasteiger partial charge in [0.1, 0.15) is 5.75 Å². The second-order valence-corrected chi connectivity index (χ2v) is 6.26. The molecule has 3 nitrogen and oxygen atoms in total. The Morgan fingerprint density at radius 1 is 1.04 bits per heavy atom. The van der Waals surface area contributed by atoms with Crippen LogP contribution in [0.2, 0.25) is 0 Å². The summed E-state index contributed by atoms with van der Waals surface area (Å²) < 4.78 is 5.19. The highest BCUT2D eigenvalue weighted by molar-refractivity contribution is 5.79. The molecular weight excluding hydrogens is 286 g/mol. The lowest BCUT2D eigenvalue weighted by Crippen LogP contribution is -2.33. The van der Waals surface area contributed by atoms with E-state index in [1.165, 1.54) is 5.56 Å². The number of carbonyl (C=O) groups excluding carboxylic acids is 1. The van der Waals surface area contributed by atoms with Crippen molar-refractivity contribution in [1.82, 2.24) is 4.90 Å². The van der Waals surface area contributed by atoms with Crippen LogP contribution in [0, 0.1) is 6.92 Å². The summed E-state index contributed by atoms with van der Waals surface area (Å²) in [6.45, 7) is 2.74. The Morgan fingerprint density at radius 2 is 1.65 bits per heavy atom. The predicted octanol–water partition coefficient (Wildman–Crippen LogP) is 3.74. The van der Waals surface area contributed by atoms with Gasteiger partial charge < -0.3 is 9.64 Å². The smallest absolute Gasteiger partial charge is 0.227 e. The summed E-state index contributed by atoms with van der Waals surface area (Å²) in [5.41, 5.74) is 3.45. The van der Waals surface area contributed by atoms with Crippen molar-refractivity contribution in [2.75, 3.05) is 7.11 Å². The summed E-state index contributed by atoms with van der Waals surface area (Å²) in [6, 6.07) is 16.6. The maximum atomic E-state index is 12.7. The van der Waals surface area contributed by atoms with E-state index in [0.29, 0.717) is 19.0 Å². The standard InChI is InChI=1S/C20H23NO2/c1-15-3-5-16(6-4-15)13-20(22)21(18-9-10-18)14-17-7-11-19(23-2)12-8-17/h3-8,11-12,18H,9-10,13-14H2,1-2H3. The van der Waals surface area contributed by atoms with Crippen molar-refractivity contribution < 1.29 is 9.53 Å². The van der Waals surface area contributed by atoms with Gasteiger partial charge in [-0.3, -0.25) is 4.79 Å². The second-order valence-electron chi connectivity index (χ2n) is 6.26. The summed E-state index contributed by atoms with van der Waals surface area (Å²) in [4.78, 5) is 14.7. The largest absolute Gasteiger partial charge is 0.497 e. The average Bonchev–Trinajstić information content (AvgIpc) is 3.40. The van der Waals surface area contributed by atoms with E-state index >= 15 is 0 Å². The SMILES string of the molecule is COc1ccc(CN(C(=O)Cc2ccc(C)cc2)C2CC2)cc1. The van der Waals surface area contributed by atoms with Crippen molar-refractivity contribution in [2.45, 2.75) is 38.8 Å². The van der Waals surface area contributed by atoms with Crippen LogP contribution in [0.3, 0.4) is 0 Å². The van der Waals surface area contributed by atoms with Gasteiger partial charge in [-0.25, -0.2) is 0 Å². The third kappa shape index (κ3) is 4.13. The number of hydrogen-bond donors (Lipinski definition) is 0. The molecule has 3 rings (SSSR count). The van der Waals surface area contributed by atoms with Crippen molar-refractivity contribution in [3.05, 3.63) is 65.2 Å². The summed E-state index contributed by atoms with van der Waals surface area (Å²) in [5.74, 6) is 1.06. The van der Waals surface area contributed by atoms with Crippen molar-refractivity contribution in [2.24, 2.45) is 0 Å². The van der Waals surface area contributed by atoms with Crippen LogP contribution in [0.4, 0.5) is 0 Å². The van der Waals surface area contributed by atoms with Crippen LogP contribution < -0.4 is 4.74 Å². The zero-order valence-electron chi connectivity index (χ0n) is 13.8. The molecule has 0 bridgehead atoms. The molecule has 1 aliphatic rings. The van der Waals surface area contributed by atoms with Gasteiger partial charge in [0.2, 0.25) is 5.91 Å². The van der Waals surface area contributed by atoms with Gasteiger partial charge in [0.05, 0.1) is 13.5 Å². The maximum Gasteiger partial charge on any atom is 0.227 e. The Morgan fingerprint density at radius 3 is 2.22 bits per heavy atom. The first kappa shape index (κ1) is 15.6. The molecule has 0 atom stereocenters. The number of nitrogens with zero attached hydrogens (tertiary/aromatic N) is 1. The second kappa shape index (κ2) is 6.86. The third-order valence-electron chi connectivity index (χ3n) is 4.30. The molecule has 0 heterocycles. The van der Waals surface area contributed by atoms with Gasteiger partial charge in [-0.05, 0) is 43.0 Å². The van der Waals surface area contributed by atoms with Gasteiger partial charge in [0.15, 0.2) is 0 Å². The Balaban J connectivity index is 1.67. The lowest BCUT2D eigenvalue weighted by atomic mass is 10.1. The molecule has 3 heteroatoms. The quantitative estimate of drug-likeness (QED) is 0.813. The Hall–Kier alpha value is -2.29. The van der Waals surface area contributed by atoms with Crippen LogP contribution in [-0.4, -0.2) is 24.0 Å². The molecule has 120 valence electrons. The first-order chi connectivity index (χ1) is 11.2. The number of rotatable bonds is 6. The number of benzene rings is 2. The summed E-state index contributed by atoms with van der Waals surface area (Å²) in [7, 11) is 1.66. The Labute approximate surface area is 137 Å². The van der Waals surface area contributed by atoms with E-state index < -0.39 is 0 Å². The highest BCUT2D eigenvalue weighted by atomic mass is 16.5. The molecule has 0 saturated heterocycles. The molecular formula is C20H23NO2. The van der Waals surface area contributed by atoms with Gasteiger partial charge in [0, 0.05) is 12.6 Å². The zero-order valence-corrected chi connectivity index (χ0v) is 13.8. The minimum Gasteiger partial charge on any atom is -0.497 e. The highest BCUT2D eigenvalue weighted by Gasteiger charge is 2.32. The van der Waals surface area contributed by atoms with Crippen molar-refractivity contribution in [3.8, 4) is 5.75 Å². The number of hydrogen-bond acceptors (Lipinski definition) is 2. The van der Waals surface area contributed by atoms with Crippen LogP contribution in [0.1, 0.15) is 29.5 Å². The number of methoxy groups -OCH3 is 1. The summed E-state index contributed by atoms with van der Waals surface area (Å²) >= 11 is 0. The number of amides is 1. The fraction of sp³-hybridized carbons (Fsp3) is 0.350. The van der Waals surface area contributed by atoms with E-state index in [0.717, 1.165) is 29.7 Å². The fourth-order valence-electron chi connectivity index (χ4n) is 2.72. The first-order valence-electron chi connectivity index (χ1n) is 8.13. The zero-order chi connectivity index (χ0) is 16.2. The average molecular weight is 309 g/mol. The van der Waals surface area contributed by atoms with E-state index in [1.807, 2.05) is 41.3 Å². The molecule has 0 N–H and O–H groups in total. The summed E-state index contributed by atoms with van der Waals surface area (Å²) in [6.07, 6.45) is 2.72. The van der Waals surface area contributed by atoms with Crippen LogP contribution >= 0.6 is 0 Å². The molecule has 1 amide bonds. The van der Waals surface area contributed by atoms with E-state index in [4.69, 9.17) is 4.74 Å². The molecule has 1 fully saturated rings. The minimum absolute atomic E-state index is 0.215. The monoisotopic (exact) mass is 309 g/mol. The molecule has 0 spiro atoms. The van der Waals surface area contributed by atoms with E-state index in [2.05, 4.69) is 19.1 Å². The van der Waals surface area contributed by atoms with Gasteiger partial charge >= 0.3 is 0 Å². The number of carbonyl (C=O) groups is 1. The molecule has 23 heavy (non-hydrogen) atoms. The normalized spacial score (nSPS) is 13.7. The lowest BCUT2D eigenvalue weighted by molar-refractivity contribution is -0.131. The maximum absolute atomic E-state index is 12.7. The van der Waals surface area contributed by atoms with E-state index in [1.54, 1.807) is 7.11 Å². The van der Waals surface area contributed by atoms with Crippen molar-refractivity contribution >= 4 is 5.91 Å². The minimum atomic E-state index is 0.215. The van der Waals surface area contributed by atoms with Gasteiger partial charge in [-0.15, -0.1) is 0 Å². The van der Waals surface area contributed by atoms with Gasteiger partial charge in [-0.2, -0.15) is 0 Å². The van der Waals surface area contributed by atoms with Crippen molar-refractivity contribution in [3.63, 3.8) is 0 Å².